The molecule has 0 aromatic heterocycles. The Morgan fingerprint density at radius 3 is 1.62 bits per heavy atom. The first-order valence-corrected chi connectivity index (χ1v) is 9.16. The fourth-order valence-corrected chi connectivity index (χ4v) is 3.26. The minimum Gasteiger partial charge on any atom is -0.349 e. The molecule has 1 unspecified atom stereocenters. The number of hydrogen-bond acceptors (Lipinski definition) is 1. The number of rotatable bonds is 7. The molecule has 0 radical (unpaired) electrons. The first kappa shape index (κ1) is 17.9. The van der Waals surface area contributed by atoms with E-state index in [-0.39, 0.29) is 11.9 Å². The summed E-state index contributed by atoms with van der Waals surface area (Å²) in [5, 5.41) is 3.20. The van der Waals surface area contributed by atoms with Crippen molar-refractivity contribution in [3.05, 3.63) is 108 Å². The molecule has 1 atom stereocenters. The van der Waals surface area contributed by atoms with Gasteiger partial charge < -0.3 is 5.32 Å². The van der Waals surface area contributed by atoms with Gasteiger partial charge in [-0.25, -0.2) is 0 Å². The summed E-state index contributed by atoms with van der Waals surface area (Å²) in [6.45, 7) is 2.11. The van der Waals surface area contributed by atoms with Gasteiger partial charge in [0.1, 0.15) is 0 Å². The van der Waals surface area contributed by atoms with Crippen LogP contribution in [0.3, 0.4) is 0 Å². The van der Waals surface area contributed by atoms with Gasteiger partial charge in [0.15, 0.2) is 0 Å². The van der Waals surface area contributed by atoms with Gasteiger partial charge in [-0.2, -0.15) is 0 Å². The molecule has 0 bridgehead atoms. The maximum absolute atomic E-state index is 12.6. The first-order chi connectivity index (χ1) is 12.7. The molecule has 0 aliphatic heterocycles. The van der Waals surface area contributed by atoms with Gasteiger partial charge in [0.25, 0.3) is 5.91 Å². The second kappa shape index (κ2) is 9.00. The number of carbonyl (C=O) groups is 1. The highest BCUT2D eigenvalue weighted by molar-refractivity contribution is 5.94. The third-order valence-electron chi connectivity index (χ3n) is 4.78. The molecule has 3 aromatic rings. The molecule has 0 fully saturated rings. The predicted octanol–water partition coefficient (Wildman–Crippen LogP) is 4.91. The van der Waals surface area contributed by atoms with Crippen LogP contribution >= 0.6 is 0 Å². The zero-order chi connectivity index (χ0) is 18.2. The van der Waals surface area contributed by atoms with Crippen molar-refractivity contribution in [2.45, 2.75) is 25.8 Å². The maximum atomic E-state index is 12.6. The van der Waals surface area contributed by atoms with Crippen LogP contribution in [0.1, 0.15) is 28.4 Å². The first-order valence-electron chi connectivity index (χ1n) is 9.16. The lowest BCUT2D eigenvalue weighted by Crippen LogP contribution is -2.39. The van der Waals surface area contributed by atoms with Gasteiger partial charge in [-0.15, -0.1) is 0 Å². The molecule has 1 N–H and O–H groups in total. The van der Waals surface area contributed by atoms with Crippen LogP contribution in [0, 0.1) is 5.92 Å². The van der Waals surface area contributed by atoms with Crippen LogP contribution in [0.4, 0.5) is 0 Å². The van der Waals surface area contributed by atoms with E-state index in [1.165, 1.54) is 11.1 Å². The number of nitrogens with one attached hydrogen (secondary N) is 1. The quantitative estimate of drug-likeness (QED) is 0.649. The van der Waals surface area contributed by atoms with Gasteiger partial charge >= 0.3 is 0 Å². The van der Waals surface area contributed by atoms with Gasteiger partial charge in [-0.05, 0) is 48.9 Å². The van der Waals surface area contributed by atoms with Crippen LogP contribution in [0.5, 0.6) is 0 Å². The third kappa shape index (κ3) is 5.06. The topological polar surface area (TPSA) is 29.1 Å². The summed E-state index contributed by atoms with van der Waals surface area (Å²) in [5.41, 5.74) is 3.31. The molecule has 0 saturated carbocycles. The van der Waals surface area contributed by atoms with Crippen molar-refractivity contribution in [1.82, 2.24) is 5.32 Å². The normalized spacial score (nSPS) is 11.9. The number of carbonyl (C=O) groups excluding carboxylic acids is 1. The summed E-state index contributed by atoms with van der Waals surface area (Å²) in [7, 11) is 0. The van der Waals surface area contributed by atoms with Crippen molar-refractivity contribution < 1.29 is 4.79 Å². The fourth-order valence-electron chi connectivity index (χ4n) is 3.26. The van der Waals surface area contributed by atoms with Crippen LogP contribution in [0.25, 0.3) is 0 Å². The Labute approximate surface area is 155 Å². The summed E-state index contributed by atoms with van der Waals surface area (Å²) in [6.07, 6.45) is 1.87. The van der Waals surface area contributed by atoms with E-state index in [0.717, 1.165) is 12.8 Å². The number of hydrogen-bond donors (Lipinski definition) is 1. The Bertz CT molecular complexity index is 758. The molecule has 3 rings (SSSR count). The molecule has 1 amide bonds. The van der Waals surface area contributed by atoms with E-state index < -0.39 is 0 Å². The summed E-state index contributed by atoms with van der Waals surface area (Å²) in [6, 6.07) is 30.5. The van der Waals surface area contributed by atoms with Crippen molar-refractivity contribution in [2.24, 2.45) is 5.92 Å². The van der Waals surface area contributed by atoms with Crippen molar-refractivity contribution in [1.29, 1.82) is 0 Å². The predicted molar refractivity (Wildman–Crippen MR) is 107 cm³/mol. The van der Waals surface area contributed by atoms with E-state index in [0.29, 0.717) is 11.5 Å². The molecule has 2 nitrogen and oxygen atoms in total. The van der Waals surface area contributed by atoms with Crippen LogP contribution in [-0.4, -0.2) is 11.9 Å². The van der Waals surface area contributed by atoms with E-state index in [4.69, 9.17) is 0 Å². The average molecular weight is 343 g/mol. The van der Waals surface area contributed by atoms with Gasteiger partial charge in [-0.3, -0.25) is 4.79 Å². The monoisotopic (exact) mass is 343 g/mol. The van der Waals surface area contributed by atoms with E-state index in [9.17, 15) is 4.79 Å². The Kier molecular flexibility index (Phi) is 6.21. The molecule has 0 spiro atoms. The molecule has 26 heavy (non-hydrogen) atoms. The van der Waals surface area contributed by atoms with E-state index in [2.05, 4.69) is 60.8 Å². The summed E-state index contributed by atoms with van der Waals surface area (Å²) in [5.74, 6) is 0.316. The van der Waals surface area contributed by atoms with Crippen molar-refractivity contribution in [3.63, 3.8) is 0 Å². The summed E-state index contributed by atoms with van der Waals surface area (Å²) >= 11 is 0. The third-order valence-corrected chi connectivity index (χ3v) is 4.78. The summed E-state index contributed by atoms with van der Waals surface area (Å²) in [4.78, 5) is 12.6. The van der Waals surface area contributed by atoms with Crippen molar-refractivity contribution in [3.8, 4) is 0 Å². The molecule has 2 heteroatoms. The molecular formula is C24H25NO. The lowest BCUT2D eigenvalue weighted by Gasteiger charge is -2.25. The fraction of sp³-hybridized carbons (Fsp3) is 0.208. The molecule has 0 saturated heterocycles. The zero-order valence-corrected chi connectivity index (χ0v) is 15.1. The van der Waals surface area contributed by atoms with E-state index in [1.807, 2.05) is 42.5 Å². The highest BCUT2D eigenvalue weighted by Crippen LogP contribution is 2.19. The number of amides is 1. The Morgan fingerprint density at radius 1 is 0.731 bits per heavy atom. The minimum atomic E-state index is -0.00998. The largest absolute Gasteiger partial charge is 0.349 e. The van der Waals surface area contributed by atoms with Crippen LogP contribution in [0.2, 0.25) is 0 Å². The molecule has 0 aliphatic rings. The Morgan fingerprint density at radius 2 is 1.15 bits per heavy atom. The highest BCUT2D eigenvalue weighted by Gasteiger charge is 2.20. The molecule has 0 aliphatic carbocycles. The Balaban J connectivity index is 1.74. The molecule has 3 aromatic carbocycles. The van der Waals surface area contributed by atoms with Crippen molar-refractivity contribution >= 4 is 5.91 Å². The lowest BCUT2D eigenvalue weighted by atomic mass is 9.87. The van der Waals surface area contributed by atoms with E-state index in [1.54, 1.807) is 0 Å². The van der Waals surface area contributed by atoms with Gasteiger partial charge in [0, 0.05) is 11.6 Å². The van der Waals surface area contributed by atoms with Gasteiger partial charge in [0.05, 0.1) is 0 Å². The highest BCUT2D eigenvalue weighted by atomic mass is 16.1. The number of benzene rings is 3. The summed E-state index contributed by atoms with van der Waals surface area (Å²) < 4.78 is 0. The van der Waals surface area contributed by atoms with Crippen molar-refractivity contribution in [2.75, 3.05) is 0 Å². The minimum absolute atomic E-state index is 0.00998. The zero-order valence-electron chi connectivity index (χ0n) is 15.1. The standard InChI is InChI=1S/C24H25NO/c1-19(25-24(26)22-15-9-4-10-16-22)23(17-20-11-5-2-6-12-20)18-21-13-7-3-8-14-21/h2-16,19,23H,17-18H2,1H3,(H,25,26). The smallest absolute Gasteiger partial charge is 0.251 e. The van der Waals surface area contributed by atoms with Gasteiger partial charge in [-0.1, -0.05) is 78.9 Å². The Hall–Kier alpha value is -2.87. The van der Waals surface area contributed by atoms with Crippen LogP contribution in [-0.2, 0) is 12.8 Å². The molecule has 0 heterocycles. The maximum Gasteiger partial charge on any atom is 0.251 e. The van der Waals surface area contributed by atoms with E-state index >= 15 is 0 Å². The average Bonchev–Trinajstić information content (AvgIpc) is 2.69. The second-order valence-electron chi connectivity index (χ2n) is 6.77. The lowest BCUT2D eigenvalue weighted by molar-refractivity contribution is 0.0926. The van der Waals surface area contributed by atoms with Crippen LogP contribution < -0.4 is 5.32 Å². The second-order valence-corrected chi connectivity index (χ2v) is 6.77. The van der Waals surface area contributed by atoms with Crippen LogP contribution in [0.15, 0.2) is 91.0 Å². The SMILES string of the molecule is CC(NC(=O)c1ccccc1)C(Cc1ccccc1)Cc1ccccc1. The molecule has 132 valence electrons. The van der Waals surface area contributed by atoms with Gasteiger partial charge in [0.2, 0.25) is 0 Å². The molecular weight excluding hydrogens is 318 g/mol.